The summed E-state index contributed by atoms with van der Waals surface area (Å²) in [5, 5.41) is 11.5. The predicted molar refractivity (Wildman–Crippen MR) is 129 cm³/mol. The van der Waals surface area contributed by atoms with Crippen molar-refractivity contribution in [2.75, 3.05) is 32.8 Å². The summed E-state index contributed by atoms with van der Waals surface area (Å²) in [6.45, 7) is 1.89. The molecule has 0 bridgehead atoms. The van der Waals surface area contributed by atoms with Crippen LogP contribution < -0.4 is 5.32 Å². The summed E-state index contributed by atoms with van der Waals surface area (Å²) in [6.07, 6.45) is 6.93. The smallest absolute Gasteiger partial charge is 0.410 e. The molecule has 2 atom stereocenters. The van der Waals surface area contributed by atoms with E-state index in [0.29, 0.717) is 45.3 Å². The number of carboxylic acids is 1. The summed E-state index contributed by atoms with van der Waals surface area (Å²) in [6, 6.07) is 8.60. The number of rotatable bonds is 9. The highest BCUT2D eigenvalue weighted by molar-refractivity contribution is 5.82. The number of carbonyl (C=O) groups excluding carboxylic acids is 3. The van der Waals surface area contributed by atoms with Gasteiger partial charge in [-0.05, 0) is 31.2 Å². The van der Waals surface area contributed by atoms with Crippen LogP contribution in [0.25, 0.3) is 0 Å². The van der Waals surface area contributed by atoms with Gasteiger partial charge >= 0.3 is 12.1 Å². The Morgan fingerprint density at radius 3 is 2.47 bits per heavy atom. The largest absolute Gasteiger partial charge is 0.481 e. The number of terminal acetylenes is 1. The fourth-order valence-corrected chi connectivity index (χ4v) is 4.33. The monoisotopic (exact) mass is 499 g/mol. The second-order valence-corrected chi connectivity index (χ2v) is 9.04. The molecule has 2 saturated heterocycles. The number of nitrogens with one attached hydrogen (secondary N) is 1. The molecule has 0 saturated carbocycles. The van der Waals surface area contributed by atoms with Crippen LogP contribution in [0.1, 0.15) is 37.7 Å². The van der Waals surface area contributed by atoms with E-state index in [0.717, 1.165) is 5.56 Å². The summed E-state index contributed by atoms with van der Waals surface area (Å²) >= 11 is 0. The minimum atomic E-state index is -1.09. The van der Waals surface area contributed by atoms with Gasteiger partial charge in [-0.3, -0.25) is 14.4 Å². The number of piperidine rings is 2. The van der Waals surface area contributed by atoms with Crippen molar-refractivity contribution in [1.29, 1.82) is 0 Å². The first kappa shape index (κ1) is 27.0. The number of amides is 3. The van der Waals surface area contributed by atoms with E-state index in [2.05, 4.69) is 11.2 Å². The molecule has 2 aliphatic heterocycles. The Hall–Kier alpha value is -3.58. The van der Waals surface area contributed by atoms with Gasteiger partial charge in [0.05, 0.1) is 18.4 Å². The van der Waals surface area contributed by atoms with Crippen LogP contribution in [0, 0.1) is 18.3 Å². The van der Waals surface area contributed by atoms with Crippen molar-refractivity contribution >= 4 is 23.9 Å². The second kappa shape index (κ2) is 13.5. The number of carbonyl (C=O) groups is 4. The molecule has 3 rings (SSSR count). The minimum absolute atomic E-state index is 0.0938. The Morgan fingerprint density at radius 1 is 1.08 bits per heavy atom. The van der Waals surface area contributed by atoms with Gasteiger partial charge in [0.15, 0.2) is 0 Å². The molecule has 10 heteroatoms. The van der Waals surface area contributed by atoms with Crippen molar-refractivity contribution in [2.24, 2.45) is 5.92 Å². The van der Waals surface area contributed by atoms with Gasteiger partial charge in [-0.15, -0.1) is 6.42 Å². The zero-order valence-electron chi connectivity index (χ0n) is 20.3. The lowest BCUT2D eigenvalue weighted by Gasteiger charge is -2.34. The average Bonchev–Trinajstić information content (AvgIpc) is 2.90. The van der Waals surface area contributed by atoms with Crippen LogP contribution in [0.5, 0.6) is 0 Å². The molecule has 1 aromatic rings. The van der Waals surface area contributed by atoms with Crippen LogP contribution in [0.15, 0.2) is 30.3 Å². The van der Waals surface area contributed by atoms with Crippen molar-refractivity contribution in [1.82, 2.24) is 15.1 Å². The third-order valence-corrected chi connectivity index (χ3v) is 6.39. The number of hydrogen-bond acceptors (Lipinski definition) is 6. The molecule has 2 aliphatic rings. The van der Waals surface area contributed by atoms with Gasteiger partial charge in [0.2, 0.25) is 11.8 Å². The van der Waals surface area contributed by atoms with Crippen molar-refractivity contribution in [3.63, 3.8) is 0 Å². The second-order valence-electron chi connectivity index (χ2n) is 9.04. The van der Waals surface area contributed by atoms with Crippen LogP contribution in [0.2, 0.25) is 0 Å². The van der Waals surface area contributed by atoms with E-state index in [-0.39, 0.29) is 50.2 Å². The van der Waals surface area contributed by atoms with Crippen LogP contribution in [-0.2, 0) is 30.5 Å². The molecule has 2 heterocycles. The lowest BCUT2D eigenvalue weighted by atomic mass is 9.96. The molecule has 36 heavy (non-hydrogen) atoms. The lowest BCUT2D eigenvalue weighted by molar-refractivity contribution is -0.142. The summed E-state index contributed by atoms with van der Waals surface area (Å²) in [5.41, 5.74) is 0.927. The number of hydrogen-bond donors (Lipinski definition) is 2. The third kappa shape index (κ3) is 8.27. The Labute approximate surface area is 210 Å². The van der Waals surface area contributed by atoms with Gasteiger partial charge in [-0.25, -0.2) is 4.79 Å². The van der Waals surface area contributed by atoms with Gasteiger partial charge in [0.25, 0.3) is 0 Å². The first-order chi connectivity index (χ1) is 17.4. The molecule has 0 aromatic heterocycles. The fraction of sp³-hybridized carbons (Fsp3) is 0.538. The maximum absolute atomic E-state index is 12.7. The highest BCUT2D eigenvalue weighted by Crippen LogP contribution is 2.19. The van der Waals surface area contributed by atoms with E-state index in [1.165, 1.54) is 0 Å². The highest BCUT2D eigenvalue weighted by Gasteiger charge is 2.31. The molecule has 1 aromatic carbocycles. The molecule has 1 unspecified atom stereocenters. The number of benzene rings is 1. The van der Waals surface area contributed by atoms with Gasteiger partial charge in [-0.2, -0.15) is 0 Å². The standard InChI is InChI=1S/C26H33N3O7/c1-2-21(15-24(31)32)27-25(33)20-9-6-12-29(16-20)23(30)18-35-22-10-13-28(14-11-22)26(34)36-17-19-7-4-3-5-8-19/h1,3-5,7-8,20-22H,6,9-18H2,(H,27,33)(H,31,32)/t20-,21?/m1/s1. The summed E-state index contributed by atoms with van der Waals surface area (Å²) in [5.74, 6) is 0.193. The Kier molecular flexibility index (Phi) is 10.1. The van der Waals surface area contributed by atoms with Crippen LogP contribution in [-0.4, -0.2) is 83.7 Å². The topological polar surface area (TPSA) is 125 Å². The summed E-state index contributed by atoms with van der Waals surface area (Å²) in [7, 11) is 0. The fourth-order valence-electron chi connectivity index (χ4n) is 4.33. The minimum Gasteiger partial charge on any atom is -0.481 e. The van der Waals surface area contributed by atoms with E-state index < -0.39 is 17.9 Å². The zero-order valence-corrected chi connectivity index (χ0v) is 20.3. The third-order valence-electron chi connectivity index (χ3n) is 6.39. The average molecular weight is 500 g/mol. The Bertz CT molecular complexity index is 954. The molecule has 0 radical (unpaired) electrons. The van der Waals surface area contributed by atoms with Crippen molar-refractivity contribution in [3.05, 3.63) is 35.9 Å². The van der Waals surface area contributed by atoms with Gasteiger partial charge in [0.1, 0.15) is 19.3 Å². The SMILES string of the molecule is C#CC(CC(=O)O)NC(=O)[C@@H]1CCCN(C(=O)COC2CCN(C(=O)OCc3ccccc3)CC2)C1. The quantitative estimate of drug-likeness (QED) is 0.495. The Balaban J connectivity index is 1.36. The van der Waals surface area contributed by atoms with Crippen LogP contribution in [0.4, 0.5) is 4.79 Å². The Morgan fingerprint density at radius 2 is 1.81 bits per heavy atom. The van der Waals surface area contributed by atoms with E-state index >= 15 is 0 Å². The van der Waals surface area contributed by atoms with Crippen molar-refractivity contribution in [3.8, 4) is 12.3 Å². The van der Waals surface area contributed by atoms with E-state index in [1.54, 1.807) is 9.80 Å². The molecule has 2 N–H and O–H groups in total. The molecular weight excluding hydrogens is 466 g/mol. The molecular formula is C26H33N3O7. The van der Waals surface area contributed by atoms with Crippen molar-refractivity contribution in [2.45, 2.75) is 50.9 Å². The number of likely N-dealkylation sites (tertiary alicyclic amines) is 2. The van der Waals surface area contributed by atoms with E-state index in [1.807, 2.05) is 30.3 Å². The molecule has 2 fully saturated rings. The zero-order chi connectivity index (χ0) is 25.9. The number of aliphatic carboxylic acids is 1. The van der Waals surface area contributed by atoms with Crippen LogP contribution >= 0.6 is 0 Å². The molecule has 0 spiro atoms. The number of ether oxygens (including phenoxy) is 2. The normalized spacial score (nSPS) is 19.1. The molecule has 194 valence electrons. The van der Waals surface area contributed by atoms with E-state index in [9.17, 15) is 19.2 Å². The molecule has 3 amide bonds. The maximum atomic E-state index is 12.7. The van der Waals surface area contributed by atoms with E-state index in [4.69, 9.17) is 21.0 Å². The van der Waals surface area contributed by atoms with Gasteiger partial charge < -0.3 is 29.7 Å². The summed E-state index contributed by atoms with van der Waals surface area (Å²) in [4.78, 5) is 51.6. The van der Waals surface area contributed by atoms with Crippen LogP contribution in [0.3, 0.4) is 0 Å². The highest BCUT2D eigenvalue weighted by atomic mass is 16.6. The maximum Gasteiger partial charge on any atom is 0.410 e. The first-order valence-corrected chi connectivity index (χ1v) is 12.2. The molecule has 10 nitrogen and oxygen atoms in total. The van der Waals surface area contributed by atoms with Gasteiger partial charge in [-0.1, -0.05) is 36.3 Å². The number of carboxylic acid groups (broad SMARTS) is 1. The molecule has 0 aliphatic carbocycles. The predicted octanol–water partition coefficient (Wildman–Crippen LogP) is 1.64. The summed E-state index contributed by atoms with van der Waals surface area (Å²) < 4.78 is 11.2. The first-order valence-electron chi connectivity index (χ1n) is 12.2. The van der Waals surface area contributed by atoms with Crippen molar-refractivity contribution < 1.29 is 33.8 Å². The number of nitrogens with zero attached hydrogens (tertiary/aromatic N) is 2. The van der Waals surface area contributed by atoms with Gasteiger partial charge in [0, 0.05) is 26.2 Å². The lowest BCUT2D eigenvalue weighted by Crippen LogP contribution is -2.49.